The largest absolute Gasteiger partial charge is 0.271 e. The van der Waals surface area contributed by atoms with Gasteiger partial charge < -0.3 is 0 Å². The number of fused-ring (bicyclic) bond motifs is 1. The van der Waals surface area contributed by atoms with E-state index in [1.807, 2.05) is 92.7 Å². The van der Waals surface area contributed by atoms with Gasteiger partial charge in [-0.1, -0.05) is 66.2 Å². The molecule has 1 aliphatic carbocycles. The number of rotatable bonds is 3. The molecule has 0 bridgehead atoms. The van der Waals surface area contributed by atoms with Crippen molar-refractivity contribution in [3.05, 3.63) is 95.5 Å². The molecule has 2 atom stereocenters. The molecule has 6 nitrogen and oxygen atoms in total. The van der Waals surface area contributed by atoms with E-state index in [0.717, 1.165) is 5.56 Å². The van der Waals surface area contributed by atoms with Crippen LogP contribution in [0.5, 0.6) is 0 Å². The molecule has 0 N–H and O–H groups in total. The van der Waals surface area contributed by atoms with Crippen LogP contribution in [-0.4, -0.2) is 23.2 Å². The van der Waals surface area contributed by atoms with Crippen molar-refractivity contribution in [1.82, 2.24) is 0 Å². The minimum absolute atomic E-state index is 0.237. The fraction of sp³-hybridized carbons (Fsp3) is 0.185. The van der Waals surface area contributed by atoms with Gasteiger partial charge >= 0.3 is 0 Å². The van der Waals surface area contributed by atoms with E-state index >= 15 is 0 Å². The molecule has 3 aromatic carbocycles. The highest BCUT2D eigenvalue weighted by molar-refractivity contribution is 6.38. The van der Waals surface area contributed by atoms with Gasteiger partial charge in [0, 0.05) is 10.9 Å². The second-order valence-electron chi connectivity index (χ2n) is 8.85. The average molecular weight is 469 g/mol. The van der Waals surface area contributed by atoms with Crippen LogP contribution < -0.4 is 10.0 Å². The second-order valence-corrected chi connectivity index (χ2v) is 9.25. The predicted octanol–water partition coefficient (Wildman–Crippen LogP) is 5.26. The van der Waals surface area contributed by atoms with Gasteiger partial charge in [0.05, 0.1) is 22.8 Å². The molecule has 3 aromatic rings. The van der Waals surface area contributed by atoms with Gasteiger partial charge in [0.2, 0.25) is 0 Å². The summed E-state index contributed by atoms with van der Waals surface area (Å²) in [5, 5.41) is 12.7. The van der Waals surface area contributed by atoms with Gasteiger partial charge in [-0.05, 0) is 49.7 Å². The summed E-state index contributed by atoms with van der Waals surface area (Å²) in [6.07, 6.45) is 0. The number of benzene rings is 3. The first-order valence-electron chi connectivity index (χ1n) is 11.1. The smallest absolute Gasteiger partial charge is 0.261 e. The molecule has 34 heavy (non-hydrogen) atoms. The monoisotopic (exact) mass is 468 g/mol. The molecule has 1 saturated carbocycles. The van der Waals surface area contributed by atoms with Crippen LogP contribution in [0.1, 0.15) is 25.3 Å². The van der Waals surface area contributed by atoms with Gasteiger partial charge in [-0.25, -0.2) is 0 Å². The Balaban J connectivity index is 1.55. The Kier molecular flexibility index (Phi) is 4.35. The molecule has 2 spiro atoms. The fourth-order valence-electron chi connectivity index (χ4n) is 5.90. The average Bonchev–Trinajstić information content (AvgIpc) is 3.33. The summed E-state index contributed by atoms with van der Waals surface area (Å²) in [6, 6.07) is 25.9. The van der Waals surface area contributed by atoms with Gasteiger partial charge in [-0.15, -0.1) is 0 Å². The van der Waals surface area contributed by atoms with E-state index in [4.69, 9.17) is 11.6 Å². The normalized spacial score (nSPS) is 27.6. The lowest BCUT2D eigenvalue weighted by atomic mass is 9.85. The quantitative estimate of drug-likeness (QED) is 0.526. The summed E-state index contributed by atoms with van der Waals surface area (Å²) in [6.45, 7) is 3.65. The van der Waals surface area contributed by atoms with E-state index in [1.165, 1.54) is 10.0 Å². The van der Waals surface area contributed by atoms with Crippen LogP contribution in [0.3, 0.4) is 0 Å². The van der Waals surface area contributed by atoms with Gasteiger partial charge in [0.25, 0.3) is 11.8 Å². The third-order valence-corrected chi connectivity index (χ3v) is 7.67. The van der Waals surface area contributed by atoms with Crippen molar-refractivity contribution < 1.29 is 9.59 Å². The Morgan fingerprint density at radius 2 is 1.09 bits per heavy atom. The van der Waals surface area contributed by atoms with Crippen molar-refractivity contribution in [3.63, 3.8) is 0 Å². The number of para-hydroxylation sites is 2. The van der Waals surface area contributed by atoms with E-state index in [2.05, 4.69) is 10.2 Å². The number of anilines is 2. The van der Waals surface area contributed by atoms with Crippen LogP contribution >= 0.6 is 11.6 Å². The van der Waals surface area contributed by atoms with Crippen molar-refractivity contribution in [3.8, 4) is 0 Å². The Morgan fingerprint density at radius 1 is 0.676 bits per heavy atom. The molecule has 2 amide bonds. The van der Waals surface area contributed by atoms with Crippen molar-refractivity contribution >= 4 is 46.2 Å². The maximum absolute atomic E-state index is 14.2. The number of nitrogens with zero attached hydrogens (tertiary/aromatic N) is 4. The molecular weight excluding hydrogens is 448 g/mol. The number of amides is 2. The second kappa shape index (κ2) is 7.11. The number of hydrogen-bond acceptors (Lipinski definition) is 4. The van der Waals surface area contributed by atoms with Crippen LogP contribution in [0.4, 0.5) is 11.4 Å². The van der Waals surface area contributed by atoms with Gasteiger partial charge in [-0.2, -0.15) is 20.2 Å². The summed E-state index contributed by atoms with van der Waals surface area (Å²) in [5.74, 6) is -0.985. The number of carbonyl (C=O) groups excluding carboxylic acids is 2. The summed E-state index contributed by atoms with van der Waals surface area (Å²) in [7, 11) is 0. The summed E-state index contributed by atoms with van der Waals surface area (Å²) in [5.41, 5.74) is 0.851. The highest BCUT2D eigenvalue weighted by atomic mass is 35.5. The molecule has 2 aliphatic heterocycles. The van der Waals surface area contributed by atoms with Crippen molar-refractivity contribution in [2.75, 3.05) is 10.0 Å². The maximum atomic E-state index is 14.2. The Bertz CT molecular complexity index is 1320. The number of carbonyl (C=O) groups is 2. The zero-order chi connectivity index (χ0) is 23.7. The van der Waals surface area contributed by atoms with Crippen LogP contribution in [0.25, 0.3) is 0 Å². The van der Waals surface area contributed by atoms with Crippen LogP contribution in [-0.2, 0) is 9.59 Å². The first-order valence-corrected chi connectivity index (χ1v) is 11.5. The van der Waals surface area contributed by atoms with Crippen molar-refractivity contribution in [2.24, 2.45) is 21.0 Å². The molecule has 7 heteroatoms. The lowest BCUT2D eigenvalue weighted by Gasteiger charge is -2.18. The molecule has 1 fully saturated rings. The van der Waals surface area contributed by atoms with Crippen molar-refractivity contribution in [2.45, 2.75) is 19.8 Å². The first kappa shape index (κ1) is 20.8. The Hall–Kier alpha value is -3.77. The molecule has 168 valence electrons. The highest BCUT2D eigenvalue weighted by Gasteiger charge is 2.91. The minimum Gasteiger partial charge on any atom is -0.271 e. The molecule has 2 heterocycles. The summed E-state index contributed by atoms with van der Waals surface area (Å²) < 4.78 is 0. The van der Waals surface area contributed by atoms with E-state index in [9.17, 15) is 9.59 Å². The zero-order valence-corrected chi connectivity index (χ0v) is 19.4. The lowest BCUT2D eigenvalue weighted by Crippen LogP contribution is -2.40. The molecule has 0 radical (unpaired) electrons. The van der Waals surface area contributed by atoms with Gasteiger partial charge in [-0.3, -0.25) is 9.59 Å². The number of hydrogen-bond donors (Lipinski definition) is 0. The van der Waals surface area contributed by atoms with Crippen LogP contribution in [0.2, 0.25) is 5.02 Å². The zero-order valence-electron chi connectivity index (χ0n) is 18.6. The molecule has 6 rings (SSSR count). The molecular formula is C27H21ClN4O2. The van der Waals surface area contributed by atoms with Crippen molar-refractivity contribution in [1.29, 1.82) is 0 Å². The first-order chi connectivity index (χ1) is 16.5. The van der Waals surface area contributed by atoms with Gasteiger partial charge in [0.15, 0.2) is 0 Å². The molecule has 0 aromatic heterocycles. The van der Waals surface area contributed by atoms with E-state index in [-0.39, 0.29) is 11.8 Å². The topological polar surface area (TPSA) is 65.3 Å². The van der Waals surface area contributed by atoms with Crippen LogP contribution in [0, 0.1) is 10.8 Å². The fourth-order valence-corrected chi connectivity index (χ4v) is 6.15. The molecule has 0 saturated heterocycles. The van der Waals surface area contributed by atoms with Gasteiger partial charge in [0.1, 0.15) is 10.8 Å². The molecule has 3 aliphatic rings. The summed E-state index contributed by atoms with van der Waals surface area (Å²) >= 11 is 6.65. The molecule has 0 unspecified atom stereocenters. The summed E-state index contributed by atoms with van der Waals surface area (Å²) in [4.78, 5) is 28.5. The lowest BCUT2D eigenvalue weighted by molar-refractivity contribution is -0.126. The predicted molar refractivity (Wildman–Crippen MR) is 133 cm³/mol. The maximum Gasteiger partial charge on any atom is 0.261 e. The Morgan fingerprint density at radius 3 is 1.53 bits per heavy atom. The standard InChI is InChI=1S/C27H21ClN4O2/c1-17-26(24(33)31(29-17)19-11-5-3-6-12-19)23(21-15-9-10-16-22(21)28)27(26)18(2)30-32(25(27)34)20-13-7-4-8-14-20/h3-16,23H,1-2H3/t26-,27-/m0/s1. The van der Waals surface area contributed by atoms with E-state index in [0.29, 0.717) is 27.8 Å². The highest BCUT2D eigenvalue weighted by Crippen LogP contribution is 2.79. The number of halogens is 1. The van der Waals surface area contributed by atoms with E-state index < -0.39 is 16.7 Å². The number of hydrazone groups is 2. The third kappa shape index (κ3) is 2.36. The van der Waals surface area contributed by atoms with Crippen LogP contribution in [0.15, 0.2) is 95.1 Å². The Labute approximate surface area is 202 Å². The van der Waals surface area contributed by atoms with E-state index in [1.54, 1.807) is 6.07 Å². The SMILES string of the molecule is CC1=NN(c2ccccc2)C(=O)[C@@]12C(c1ccccc1Cl)[C@@]21C(=O)N(c2ccccc2)N=C1C. The third-order valence-electron chi connectivity index (χ3n) is 7.32. The minimum atomic E-state index is -1.19.